The number of amides is 2. The number of carbonyl (C=O) groups is 2. The second-order valence-corrected chi connectivity index (χ2v) is 6.32. The number of halogens is 1. The Labute approximate surface area is 160 Å². The number of nitrogens with one attached hydrogen (secondary N) is 2. The lowest BCUT2D eigenvalue weighted by Gasteiger charge is -2.06. The van der Waals surface area contributed by atoms with Crippen molar-refractivity contribution in [3.63, 3.8) is 0 Å². The number of hydrazone groups is 1. The highest BCUT2D eigenvalue weighted by Gasteiger charge is 2.07. The number of benzene rings is 2. The number of aryl methyl sites for hydroxylation is 1. The minimum Gasteiger partial charge on any atom is -0.494 e. The van der Waals surface area contributed by atoms with Gasteiger partial charge in [0, 0.05) is 15.6 Å². The summed E-state index contributed by atoms with van der Waals surface area (Å²) in [6.45, 7) is 4.21. The summed E-state index contributed by atoms with van der Waals surface area (Å²) in [4.78, 5) is 23.8. The van der Waals surface area contributed by atoms with Gasteiger partial charge in [0.15, 0.2) is 0 Å². The highest BCUT2D eigenvalue weighted by atomic mass is 79.9. The Morgan fingerprint density at radius 3 is 2.77 bits per heavy atom. The fourth-order valence-corrected chi connectivity index (χ4v) is 2.49. The van der Waals surface area contributed by atoms with Gasteiger partial charge >= 0.3 is 0 Å². The van der Waals surface area contributed by atoms with Crippen molar-refractivity contribution in [2.45, 2.75) is 13.8 Å². The van der Waals surface area contributed by atoms with Gasteiger partial charge in [0.05, 0.1) is 19.4 Å². The quantitative estimate of drug-likeness (QED) is 0.536. The summed E-state index contributed by atoms with van der Waals surface area (Å²) in [5.41, 5.74) is 4.64. The summed E-state index contributed by atoms with van der Waals surface area (Å²) in [5, 5.41) is 6.46. The molecule has 26 heavy (non-hydrogen) atoms. The van der Waals surface area contributed by atoms with Crippen LogP contribution in [-0.4, -0.2) is 31.2 Å². The van der Waals surface area contributed by atoms with E-state index in [9.17, 15) is 9.59 Å². The van der Waals surface area contributed by atoms with Crippen molar-refractivity contribution in [3.8, 4) is 5.75 Å². The summed E-state index contributed by atoms with van der Waals surface area (Å²) in [7, 11) is 0. The minimum absolute atomic E-state index is 0.162. The summed E-state index contributed by atoms with van der Waals surface area (Å²) < 4.78 is 6.25. The summed E-state index contributed by atoms with van der Waals surface area (Å²) >= 11 is 3.41. The van der Waals surface area contributed by atoms with Crippen LogP contribution < -0.4 is 15.5 Å². The van der Waals surface area contributed by atoms with Crippen molar-refractivity contribution in [2.24, 2.45) is 5.10 Å². The molecule has 0 radical (unpaired) electrons. The summed E-state index contributed by atoms with van der Waals surface area (Å²) in [6.07, 6.45) is 1.51. The molecule has 2 amide bonds. The van der Waals surface area contributed by atoms with Crippen molar-refractivity contribution in [3.05, 3.63) is 63.6 Å². The largest absolute Gasteiger partial charge is 0.494 e. The highest BCUT2D eigenvalue weighted by Crippen LogP contribution is 2.21. The van der Waals surface area contributed by atoms with Crippen molar-refractivity contribution in [2.75, 3.05) is 13.2 Å². The normalized spacial score (nSPS) is 10.6. The first-order chi connectivity index (χ1) is 12.5. The van der Waals surface area contributed by atoms with E-state index in [1.54, 1.807) is 18.2 Å². The summed E-state index contributed by atoms with van der Waals surface area (Å²) in [6, 6.07) is 12.6. The maximum atomic E-state index is 12.0. The van der Waals surface area contributed by atoms with Gasteiger partial charge in [-0.3, -0.25) is 9.59 Å². The highest BCUT2D eigenvalue weighted by molar-refractivity contribution is 9.10. The molecule has 0 aliphatic carbocycles. The summed E-state index contributed by atoms with van der Waals surface area (Å²) in [5.74, 6) is -0.00628. The van der Waals surface area contributed by atoms with Crippen LogP contribution in [0.5, 0.6) is 5.75 Å². The molecular formula is C19H20BrN3O3. The standard InChI is InChI=1S/C19H20BrN3O3/c1-3-26-16-7-8-17(20)15(10-16)11-22-23-18(24)12-21-19(25)14-6-4-5-13(2)9-14/h4-11H,3,12H2,1-2H3,(H,21,25)(H,23,24)/b22-11-. The van der Waals surface area contributed by atoms with Crippen molar-refractivity contribution < 1.29 is 14.3 Å². The van der Waals surface area contributed by atoms with Crippen LogP contribution in [-0.2, 0) is 4.79 Å². The van der Waals surface area contributed by atoms with Gasteiger partial charge in [-0.05, 0) is 44.2 Å². The Morgan fingerprint density at radius 2 is 2.04 bits per heavy atom. The lowest BCUT2D eigenvalue weighted by atomic mass is 10.1. The van der Waals surface area contributed by atoms with Gasteiger partial charge in [0.2, 0.25) is 0 Å². The van der Waals surface area contributed by atoms with Crippen molar-refractivity contribution in [1.82, 2.24) is 10.7 Å². The first-order valence-corrected chi connectivity index (χ1v) is 8.88. The van der Waals surface area contributed by atoms with Crippen LogP contribution in [0.4, 0.5) is 0 Å². The lowest BCUT2D eigenvalue weighted by molar-refractivity contribution is -0.120. The molecule has 7 heteroatoms. The molecule has 0 aromatic heterocycles. The Morgan fingerprint density at radius 1 is 1.23 bits per heavy atom. The second-order valence-electron chi connectivity index (χ2n) is 5.46. The SMILES string of the molecule is CCOc1ccc(Br)c(/C=N\NC(=O)CNC(=O)c2cccc(C)c2)c1. The molecule has 2 aromatic carbocycles. The monoisotopic (exact) mass is 417 g/mol. The average molecular weight is 418 g/mol. The van der Waals surface area contributed by atoms with E-state index >= 15 is 0 Å². The maximum Gasteiger partial charge on any atom is 0.259 e. The average Bonchev–Trinajstić information content (AvgIpc) is 2.62. The van der Waals surface area contributed by atoms with E-state index in [0.29, 0.717) is 17.9 Å². The fourth-order valence-electron chi connectivity index (χ4n) is 2.14. The van der Waals surface area contributed by atoms with E-state index < -0.39 is 5.91 Å². The smallest absolute Gasteiger partial charge is 0.259 e. The number of hydrogen-bond donors (Lipinski definition) is 2. The third-order valence-electron chi connectivity index (χ3n) is 3.36. The van der Waals surface area contributed by atoms with Gasteiger partial charge < -0.3 is 10.1 Å². The van der Waals surface area contributed by atoms with Crippen LogP contribution in [0.2, 0.25) is 0 Å². The van der Waals surface area contributed by atoms with Crippen LogP contribution in [0.1, 0.15) is 28.4 Å². The van der Waals surface area contributed by atoms with Crippen LogP contribution in [0.3, 0.4) is 0 Å². The molecule has 0 aliphatic rings. The van der Waals surface area contributed by atoms with Crippen LogP contribution in [0.25, 0.3) is 0 Å². The molecule has 0 heterocycles. The van der Waals surface area contributed by atoms with E-state index in [1.807, 2.05) is 38.1 Å². The Hall–Kier alpha value is -2.67. The topological polar surface area (TPSA) is 79.8 Å². The molecule has 0 spiro atoms. The van der Waals surface area contributed by atoms with Gasteiger partial charge in [-0.1, -0.05) is 33.6 Å². The zero-order valence-corrected chi connectivity index (χ0v) is 16.2. The molecular weight excluding hydrogens is 398 g/mol. The van der Waals surface area contributed by atoms with Crippen LogP contribution in [0.15, 0.2) is 52.0 Å². The van der Waals surface area contributed by atoms with Crippen LogP contribution in [0, 0.1) is 6.92 Å². The zero-order valence-electron chi connectivity index (χ0n) is 14.6. The number of ether oxygens (including phenoxy) is 1. The molecule has 2 N–H and O–H groups in total. The number of rotatable bonds is 7. The molecule has 0 unspecified atom stereocenters. The molecule has 136 valence electrons. The predicted octanol–water partition coefficient (Wildman–Crippen LogP) is 3.04. The van der Waals surface area contributed by atoms with Gasteiger partial charge in [0.1, 0.15) is 5.75 Å². The van der Waals surface area contributed by atoms with Crippen LogP contribution >= 0.6 is 15.9 Å². The van der Waals surface area contributed by atoms with Crippen molar-refractivity contribution >= 4 is 34.0 Å². The van der Waals surface area contributed by atoms with E-state index in [0.717, 1.165) is 15.6 Å². The molecule has 0 saturated heterocycles. The first kappa shape index (κ1) is 19.7. The van der Waals surface area contributed by atoms with Gasteiger partial charge in [-0.25, -0.2) is 5.43 Å². The molecule has 0 aliphatic heterocycles. The van der Waals surface area contributed by atoms with E-state index in [1.165, 1.54) is 6.21 Å². The minimum atomic E-state index is -0.417. The van der Waals surface area contributed by atoms with Gasteiger partial charge in [0.25, 0.3) is 11.8 Å². The Balaban J connectivity index is 1.86. The molecule has 2 aromatic rings. The zero-order chi connectivity index (χ0) is 18.9. The van der Waals surface area contributed by atoms with E-state index in [2.05, 4.69) is 31.8 Å². The number of hydrogen-bond acceptors (Lipinski definition) is 4. The third kappa shape index (κ3) is 6.00. The molecule has 6 nitrogen and oxygen atoms in total. The fraction of sp³-hybridized carbons (Fsp3) is 0.211. The maximum absolute atomic E-state index is 12.0. The molecule has 2 rings (SSSR count). The van der Waals surface area contributed by atoms with Gasteiger partial charge in [-0.2, -0.15) is 5.10 Å². The lowest BCUT2D eigenvalue weighted by Crippen LogP contribution is -2.34. The third-order valence-corrected chi connectivity index (χ3v) is 4.08. The Kier molecular flexibility index (Phi) is 7.35. The first-order valence-electron chi connectivity index (χ1n) is 8.08. The number of nitrogens with zero attached hydrogens (tertiary/aromatic N) is 1. The van der Waals surface area contributed by atoms with Gasteiger partial charge in [-0.15, -0.1) is 0 Å². The second kappa shape index (κ2) is 9.72. The molecule has 0 bridgehead atoms. The number of carbonyl (C=O) groups excluding carboxylic acids is 2. The van der Waals surface area contributed by atoms with Crippen molar-refractivity contribution in [1.29, 1.82) is 0 Å². The van der Waals surface area contributed by atoms with E-state index in [4.69, 9.17) is 4.74 Å². The predicted molar refractivity (Wildman–Crippen MR) is 105 cm³/mol. The molecule has 0 saturated carbocycles. The van der Waals surface area contributed by atoms with E-state index in [-0.39, 0.29) is 12.5 Å². The molecule has 0 atom stereocenters. The molecule has 0 fully saturated rings. The Bertz CT molecular complexity index is 821.